The van der Waals surface area contributed by atoms with Crippen LogP contribution in [-0.2, 0) is 6.61 Å². The molecule has 0 aliphatic rings. The minimum Gasteiger partial charge on any atom is -0.485 e. The number of ether oxygens (including phenoxy) is 1. The molecular weight excluding hydrogens is 335 g/mol. The maximum atomic E-state index is 13.2. The van der Waals surface area contributed by atoms with Crippen LogP contribution < -0.4 is 4.74 Å². The third-order valence-electron chi connectivity index (χ3n) is 3.82. The highest BCUT2D eigenvalue weighted by molar-refractivity contribution is 5.84. The fourth-order valence-corrected chi connectivity index (χ4v) is 2.49. The fraction of sp³-hybridized carbons (Fsp3) is 0.158. The van der Waals surface area contributed by atoms with Crippen molar-refractivity contribution in [2.75, 3.05) is 0 Å². The standard InChI is InChI=1S/C19H15FN4O2/c1-12(20)18-23-24-19(26-18)14-7-8-15(22-10-14)11-25-16-6-2-4-13-5-3-9-21-17(13)16/h2-10,12H,11H2,1H3. The molecule has 4 rings (SSSR count). The molecule has 0 N–H and O–H groups in total. The van der Waals surface area contributed by atoms with E-state index in [9.17, 15) is 4.39 Å². The van der Waals surface area contributed by atoms with Gasteiger partial charge in [0, 0.05) is 17.8 Å². The number of halogens is 1. The summed E-state index contributed by atoms with van der Waals surface area (Å²) in [6, 6.07) is 13.2. The molecule has 1 atom stereocenters. The second-order valence-corrected chi connectivity index (χ2v) is 5.72. The van der Waals surface area contributed by atoms with Gasteiger partial charge in [-0.15, -0.1) is 10.2 Å². The maximum absolute atomic E-state index is 13.2. The molecule has 3 heterocycles. The number of rotatable bonds is 5. The normalized spacial score (nSPS) is 12.2. The second kappa shape index (κ2) is 6.87. The topological polar surface area (TPSA) is 73.9 Å². The Balaban J connectivity index is 1.49. The molecule has 1 aromatic carbocycles. The van der Waals surface area contributed by atoms with Crippen LogP contribution in [0, 0.1) is 0 Å². The van der Waals surface area contributed by atoms with Crippen LogP contribution in [0.2, 0.25) is 0 Å². The minimum atomic E-state index is -1.30. The predicted molar refractivity (Wildman–Crippen MR) is 93.1 cm³/mol. The number of fused-ring (bicyclic) bond motifs is 1. The zero-order valence-electron chi connectivity index (χ0n) is 14.0. The Morgan fingerprint density at radius 1 is 1.08 bits per heavy atom. The molecule has 1 unspecified atom stereocenters. The zero-order valence-corrected chi connectivity index (χ0v) is 14.0. The Labute approximate surface area is 148 Å². The van der Waals surface area contributed by atoms with Gasteiger partial charge in [-0.05, 0) is 31.2 Å². The summed E-state index contributed by atoms with van der Waals surface area (Å²) in [5, 5.41) is 8.51. The van der Waals surface area contributed by atoms with Gasteiger partial charge in [-0.3, -0.25) is 9.97 Å². The smallest absolute Gasteiger partial charge is 0.250 e. The number of aromatic nitrogens is 4. The van der Waals surface area contributed by atoms with Crippen molar-refractivity contribution < 1.29 is 13.5 Å². The number of alkyl halides is 1. The quantitative estimate of drug-likeness (QED) is 0.534. The molecule has 3 aromatic heterocycles. The third kappa shape index (κ3) is 3.23. The van der Waals surface area contributed by atoms with E-state index in [1.165, 1.54) is 6.92 Å². The molecule has 0 saturated carbocycles. The van der Waals surface area contributed by atoms with Crippen LogP contribution in [0.3, 0.4) is 0 Å². The highest BCUT2D eigenvalue weighted by Gasteiger charge is 2.14. The molecule has 0 saturated heterocycles. The highest BCUT2D eigenvalue weighted by atomic mass is 19.1. The van der Waals surface area contributed by atoms with Gasteiger partial charge in [0.2, 0.25) is 5.89 Å². The molecule has 0 fully saturated rings. The van der Waals surface area contributed by atoms with Crippen LogP contribution in [-0.4, -0.2) is 20.2 Å². The molecule has 7 heteroatoms. The van der Waals surface area contributed by atoms with Crippen LogP contribution in [0.15, 0.2) is 59.3 Å². The number of nitrogens with zero attached hydrogens (tertiary/aromatic N) is 4. The van der Waals surface area contributed by atoms with Crippen molar-refractivity contribution in [1.82, 2.24) is 20.2 Å². The summed E-state index contributed by atoms with van der Waals surface area (Å²) in [6.45, 7) is 1.64. The van der Waals surface area contributed by atoms with E-state index in [2.05, 4.69) is 20.2 Å². The second-order valence-electron chi connectivity index (χ2n) is 5.72. The van der Waals surface area contributed by atoms with Crippen molar-refractivity contribution in [2.45, 2.75) is 19.7 Å². The molecule has 0 amide bonds. The lowest BCUT2D eigenvalue weighted by Crippen LogP contribution is -1.99. The summed E-state index contributed by atoms with van der Waals surface area (Å²) in [7, 11) is 0. The van der Waals surface area contributed by atoms with E-state index in [1.807, 2.05) is 30.3 Å². The Kier molecular flexibility index (Phi) is 4.27. The average molecular weight is 350 g/mol. The predicted octanol–water partition coefficient (Wildman–Crippen LogP) is 4.29. The van der Waals surface area contributed by atoms with Gasteiger partial charge in [-0.1, -0.05) is 18.2 Å². The van der Waals surface area contributed by atoms with Gasteiger partial charge in [0.25, 0.3) is 5.89 Å². The number of hydrogen-bond acceptors (Lipinski definition) is 6. The Hall–Kier alpha value is -3.35. The molecule has 0 aliphatic carbocycles. The van der Waals surface area contributed by atoms with Gasteiger partial charge >= 0.3 is 0 Å². The highest BCUT2D eigenvalue weighted by Crippen LogP contribution is 2.24. The van der Waals surface area contributed by atoms with Gasteiger partial charge in [0.05, 0.1) is 11.3 Å². The summed E-state index contributed by atoms with van der Waals surface area (Å²) in [6.07, 6.45) is 2.03. The molecule has 26 heavy (non-hydrogen) atoms. The van der Waals surface area contributed by atoms with Crippen LogP contribution in [0.1, 0.15) is 24.7 Å². The first kappa shape index (κ1) is 16.1. The first-order chi connectivity index (χ1) is 12.7. The largest absolute Gasteiger partial charge is 0.485 e. The average Bonchev–Trinajstić information content (AvgIpc) is 3.17. The molecule has 6 nitrogen and oxygen atoms in total. The third-order valence-corrected chi connectivity index (χ3v) is 3.82. The summed E-state index contributed by atoms with van der Waals surface area (Å²) in [5.74, 6) is 0.894. The van der Waals surface area contributed by atoms with E-state index in [-0.39, 0.29) is 11.8 Å². The van der Waals surface area contributed by atoms with Gasteiger partial charge in [-0.25, -0.2) is 4.39 Å². The van der Waals surface area contributed by atoms with Crippen LogP contribution in [0.25, 0.3) is 22.4 Å². The van der Waals surface area contributed by atoms with E-state index in [0.29, 0.717) is 17.9 Å². The molecule has 0 aliphatic heterocycles. The van der Waals surface area contributed by atoms with E-state index in [4.69, 9.17) is 9.15 Å². The summed E-state index contributed by atoms with van der Waals surface area (Å²) < 4.78 is 24.3. The van der Waals surface area contributed by atoms with E-state index in [0.717, 1.165) is 16.6 Å². The van der Waals surface area contributed by atoms with Crippen molar-refractivity contribution in [2.24, 2.45) is 0 Å². The van der Waals surface area contributed by atoms with Crippen molar-refractivity contribution in [3.63, 3.8) is 0 Å². The van der Waals surface area contributed by atoms with Crippen molar-refractivity contribution in [3.05, 3.63) is 66.4 Å². The number of benzene rings is 1. The van der Waals surface area contributed by atoms with E-state index in [1.54, 1.807) is 24.5 Å². The molecule has 0 spiro atoms. The Morgan fingerprint density at radius 2 is 1.96 bits per heavy atom. The molecular formula is C19H15FN4O2. The van der Waals surface area contributed by atoms with Gasteiger partial charge in [0.15, 0.2) is 6.17 Å². The van der Waals surface area contributed by atoms with Crippen molar-refractivity contribution in [1.29, 1.82) is 0 Å². The van der Waals surface area contributed by atoms with E-state index < -0.39 is 6.17 Å². The lowest BCUT2D eigenvalue weighted by molar-refractivity contribution is 0.301. The van der Waals surface area contributed by atoms with Crippen LogP contribution in [0.4, 0.5) is 4.39 Å². The van der Waals surface area contributed by atoms with Gasteiger partial charge < -0.3 is 9.15 Å². The van der Waals surface area contributed by atoms with Gasteiger partial charge in [0.1, 0.15) is 17.9 Å². The van der Waals surface area contributed by atoms with Crippen LogP contribution in [0.5, 0.6) is 5.75 Å². The zero-order chi connectivity index (χ0) is 17.9. The number of pyridine rings is 2. The molecule has 0 radical (unpaired) electrons. The fourth-order valence-electron chi connectivity index (χ4n) is 2.49. The van der Waals surface area contributed by atoms with Gasteiger partial charge in [-0.2, -0.15) is 0 Å². The summed E-state index contributed by atoms with van der Waals surface area (Å²) in [5.41, 5.74) is 2.17. The monoisotopic (exact) mass is 350 g/mol. The van der Waals surface area contributed by atoms with Crippen LogP contribution >= 0.6 is 0 Å². The Morgan fingerprint density at radius 3 is 2.73 bits per heavy atom. The number of para-hydroxylation sites is 1. The first-order valence-electron chi connectivity index (χ1n) is 8.10. The minimum absolute atomic E-state index is 0.0455. The maximum Gasteiger partial charge on any atom is 0.250 e. The SMILES string of the molecule is CC(F)c1nnc(-c2ccc(COc3cccc4cccnc34)nc2)o1. The molecule has 4 aromatic rings. The number of hydrogen-bond donors (Lipinski definition) is 0. The lowest BCUT2D eigenvalue weighted by atomic mass is 10.2. The molecule has 130 valence electrons. The molecule has 0 bridgehead atoms. The summed E-state index contributed by atoms with van der Waals surface area (Å²) in [4.78, 5) is 8.70. The van der Waals surface area contributed by atoms with E-state index >= 15 is 0 Å². The Bertz CT molecular complexity index is 1030. The van der Waals surface area contributed by atoms with Crippen molar-refractivity contribution >= 4 is 10.9 Å². The lowest BCUT2D eigenvalue weighted by Gasteiger charge is -2.08. The van der Waals surface area contributed by atoms with Crippen molar-refractivity contribution in [3.8, 4) is 17.2 Å². The first-order valence-corrected chi connectivity index (χ1v) is 8.10. The summed E-state index contributed by atoms with van der Waals surface area (Å²) >= 11 is 0.